The van der Waals surface area contributed by atoms with Crippen LogP contribution in [0.1, 0.15) is 5.56 Å². The molecule has 6 heteroatoms. The van der Waals surface area contributed by atoms with Gasteiger partial charge in [-0.1, -0.05) is 18.3 Å². The zero-order valence-electron chi connectivity index (χ0n) is 11.2. The van der Waals surface area contributed by atoms with Crippen molar-refractivity contribution in [2.45, 2.75) is 4.90 Å². The van der Waals surface area contributed by atoms with Crippen LogP contribution in [0.15, 0.2) is 41.4 Å². The van der Waals surface area contributed by atoms with E-state index in [1.54, 1.807) is 31.1 Å². The third-order valence-corrected chi connectivity index (χ3v) is 3.70. The first-order chi connectivity index (χ1) is 9.65. The van der Waals surface area contributed by atoms with Gasteiger partial charge < -0.3 is 15.8 Å². The van der Waals surface area contributed by atoms with Gasteiger partial charge in [0.15, 0.2) is 0 Å². The summed E-state index contributed by atoms with van der Waals surface area (Å²) >= 11 is 6.76. The standard InChI is InChI=1S/C14H15N3OS2/c1-18-12-7-6-9(8-16-12)17-10-4-3-5-11(20-2)13(10)14(15)19/h3-8,17H,1-2H3,(H2,15,19). The Morgan fingerprint density at radius 3 is 2.70 bits per heavy atom. The zero-order chi connectivity index (χ0) is 14.5. The van der Waals surface area contributed by atoms with E-state index in [0.717, 1.165) is 21.8 Å². The van der Waals surface area contributed by atoms with E-state index in [4.69, 9.17) is 22.7 Å². The number of thiocarbonyl (C=S) groups is 1. The van der Waals surface area contributed by atoms with Gasteiger partial charge >= 0.3 is 0 Å². The van der Waals surface area contributed by atoms with Crippen LogP contribution in [0.3, 0.4) is 0 Å². The minimum absolute atomic E-state index is 0.374. The van der Waals surface area contributed by atoms with Gasteiger partial charge in [-0.15, -0.1) is 11.8 Å². The summed E-state index contributed by atoms with van der Waals surface area (Å²) in [4.78, 5) is 5.58. The van der Waals surface area contributed by atoms with E-state index in [1.807, 2.05) is 30.5 Å². The molecule has 0 aliphatic rings. The van der Waals surface area contributed by atoms with Gasteiger partial charge in [0.25, 0.3) is 0 Å². The van der Waals surface area contributed by atoms with Crippen LogP contribution in [-0.2, 0) is 0 Å². The van der Waals surface area contributed by atoms with Gasteiger partial charge in [-0.2, -0.15) is 0 Å². The number of hydrogen-bond donors (Lipinski definition) is 2. The number of methoxy groups -OCH3 is 1. The van der Waals surface area contributed by atoms with E-state index in [2.05, 4.69) is 10.3 Å². The summed E-state index contributed by atoms with van der Waals surface area (Å²) in [7, 11) is 1.59. The van der Waals surface area contributed by atoms with Crippen molar-refractivity contribution < 1.29 is 4.74 Å². The first kappa shape index (κ1) is 14.6. The molecular weight excluding hydrogens is 290 g/mol. The van der Waals surface area contributed by atoms with Gasteiger partial charge in [0, 0.05) is 22.2 Å². The number of nitrogens with one attached hydrogen (secondary N) is 1. The van der Waals surface area contributed by atoms with Gasteiger partial charge in [-0.25, -0.2) is 4.98 Å². The Bertz CT molecular complexity index is 614. The molecule has 0 atom stereocenters. The van der Waals surface area contributed by atoms with Crippen LogP contribution in [0, 0.1) is 0 Å². The quantitative estimate of drug-likeness (QED) is 0.653. The van der Waals surface area contributed by atoms with E-state index in [0.29, 0.717) is 10.9 Å². The molecule has 20 heavy (non-hydrogen) atoms. The molecule has 0 aliphatic carbocycles. The molecule has 3 N–H and O–H groups in total. The van der Waals surface area contributed by atoms with E-state index < -0.39 is 0 Å². The number of hydrogen-bond acceptors (Lipinski definition) is 5. The monoisotopic (exact) mass is 305 g/mol. The normalized spacial score (nSPS) is 10.1. The smallest absolute Gasteiger partial charge is 0.213 e. The third kappa shape index (κ3) is 3.20. The number of thioether (sulfide) groups is 1. The average Bonchev–Trinajstić information content (AvgIpc) is 2.47. The molecule has 0 amide bonds. The highest BCUT2D eigenvalue weighted by Gasteiger charge is 2.10. The average molecular weight is 305 g/mol. The van der Waals surface area contributed by atoms with Gasteiger partial charge in [0.05, 0.1) is 19.0 Å². The second-order valence-electron chi connectivity index (χ2n) is 3.96. The van der Waals surface area contributed by atoms with Crippen LogP contribution < -0.4 is 15.8 Å². The number of benzene rings is 1. The number of pyridine rings is 1. The number of nitrogens with zero attached hydrogens (tertiary/aromatic N) is 1. The molecule has 1 heterocycles. The molecule has 0 saturated heterocycles. The molecule has 4 nitrogen and oxygen atoms in total. The highest BCUT2D eigenvalue weighted by molar-refractivity contribution is 7.98. The summed E-state index contributed by atoms with van der Waals surface area (Å²) < 4.78 is 5.03. The number of ether oxygens (including phenoxy) is 1. The molecule has 0 spiro atoms. The molecule has 0 saturated carbocycles. The molecule has 0 bridgehead atoms. The first-order valence-electron chi connectivity index (χ1n) is 5.89. The molecule has 0 unspecified atom stereocenters. The molecule has 2 rings (SSSR count). The lowest BCUT2D eigenvalue weighted by atomic mass is 10.1. The van der Waals surface area contributed by atoms with E-state index in [-0.39, 0.29) is 0 Å². The highest BCUT2D eigenvalue weighted by atomic mass is 32.2. The zero-order valence-corrected chi connectivity index (χ0v) is 12.8. The van der Waals surface area contributed by atoms with E-state index >= 15 is 0 Å². The molecule has 2 aromatic rings. The van der Waals surface area contributed by atoms with Crippen LogP contribution in [0.4, 0.5) is 11.4 Å². The van der Waals surface area contributed by atoms with Crippen LogP contribution in [-0.4, -0.2) is 23.3 Å². The maximum absolute atomic E-state index is 5.83. The van der Waals surface area contributed by atoms with Gasteiger partial charge in [-0.3, -0.25) is 0 Å². The molecular formula is C14H15N3OS2. The Labute approximate surface area is 127 Å². The van der Waals surface area contributed by atoms with Crippen LogP contribution in [0.5, 0.6) is 5.88 Å². The minimum Gasteiger partial charge on any atom is -0.481 e. The van der Waals surface area contributed by atoms with Crippen LogP contribution >= 0.6 is 24.0 Å². The summed E-state index contributed by atoms with van der Waals surface area (Å²) in [5.74, 6) is 0.572. The number of nitrogens with two attached hydrogens (primary N) is 1. The molecule has 0 radical (unpaired) electrons. The Morgan fingerprint density at radius 1 is 1.35 bits per heavy atom. The van der Waals surface area contributed by atoms with E-state index in [1.165, 1.54) is 0 Å². The molecule has 1 aromatic carbocycles. The number of rotatable bonds is 5. The van der Waals surface area contributed by atoms with Crippen molar-refractivity contribution in [1.82, 2.24) is 4.98 Å². The topological polar surface area (TPSA) is 60.2 Å². The predicted molar refractivity (Wildman–Crippen MR) is 88.2 cm³/mol. The Kier molecular flexibility index (Phi) is 4.81. The van der Waals surface area contributed by atoms with Gasteiger partial charge in [0.1, 0.15) is 4.99 Å². The fourth-order valence-corrected chi connectivity index (χ4v) is 2.71. The highest BCUT2D eigenvalue weighted by Crippen LogP contribution is 2.29. The molecule has 104 valence electrons. The molecule has 1 aromatic heterocycles. The maximum Gasteiger partial charge on any atom is 0.213 e. The summed E-state index contributed by atoms with van der Waals surface area (Å²) in [5.41, 5.74) is 8.41. The van der Waals surface area contributed by atoms with Crippen molar-refractivity contribution in [2.24, 2.45) is 5.73 Å². The lowest BCUT2D eigenvalue weighted by Crippen LogP contribution is -2.13. The number of anilines is 2. The van der Waals surface area contributed by atoms with Crippen LogP contribution in [0.2, 0.25) is 0 Å². The van der Waals surface area contributed by atoms with Gasteiger partial charge in [-0.05, 0) is 24.5 Å². The largest absolute Gasteiger partial charge is 0.481 e. The van der Waals surface area contributed by atoms with Crippen molar-refractivity contribution >= 4 is 40.3 Å². The fourth-order valence-electron chi connectivity index (χ4n) is 1.79. The van der Waals surface area contributed by atoms with Gasteiger partial charge in [0.2, 0.25) is 5.88 Å². The Morgan fingerprint density at radius 2 is 2.15 bits per heavy atom. The number of aromatic nitrogens is 1. The van der Waals surface area contributed by atoms with E-state index in [9.17, 15) is 0 Å². The fraction of sp³-hybridized carbons (Fsp3) is 0.143. The lowest BCUT2D eigenvalue weighted by Gasteiger charge is -2.14. The predicted octanol–water partition coefficient (Wildman–Crippen LogP) is 3.19. The van der Waals surface area contributed by atoms with Crippen molar-refractivity contribution in [3.8, 4) is 5.88 Å². The Balaban J connectivity index is 2.34. The second kappa shape index (κ2) is 6.58. The molecule has 0 fully saturated rings. The SMILES string of the molecule is COc1ccc(Nc2cccc(SC)c2C(N)=S)cn1. The molecule has 0 aliphatic heterocycles. The van der Waals surface area contributed by atoms with Crippen molar-refractivity contribution in [1.29, 1.82) is 0 Å². The summed E-state index contributed by atoms with van der Waals surface area (Å²) in [6, 6.07) is 9.59. The van der Waals surface area contributed by atoms with Crippen molar-refractivity contribution in [3.63, 3.8) is 0 Å². The van der Waals surface area contributed by atoms with Crippen molar-refractivity contribution in [3.05, 3.63) is 42.1 Å². The first-order valence-corrected chi connectivity index (χ1v) is 7.53. The Hall–Kier alpha value is -1.79. The summed E-state index contributed by atoms with van der Waals surface area (Å²) in [6.07, 6.45) is 3.70. The minimum atomic E-state index is 0.374. The second-order valence-corrected chi connectivity index (χ2v) is 5.25. The summed E-state index contributed by atoms with van der Waals surface area (Å²) in [6.45, 7) is 0. The lowest BCUT2D eigenvalue weighted by molar-refractivity contribution is 0.398. The van der Waals surface area contributed by atoms with Crippen molar-refractivity contribution in [2.75, 3.05) is 18.7 Å². The summed E-state index contributed by atoms with van der Waals surface area (Å²) in [5, 5.41) is 3.28. The third-order valence-electron chi connectivity index (χ3n) is 2.72. The maximum atomic E-state index is 5.83. The van der Waals surface area contributed by atoms with Crippen LogP contribution in [0.25, 0.3) is 0 Å².